The number of halogens is 1. The lowest BCUT2D eigenvalue weighted by Crippen LogP contribution is -2.10. The number of benzene rings is 3. The molecule has 4 aromatic rings. The third-order valence-corrected chi connectivity index (χ3v) is 6.18. The van der Waals surface area contributed by atoms with Gasteiger partial charge in [0.1, 0.15) is 18.2 Å². The van der Waals surface area contributed by atoms with E-state index in [1.165, 1.54) is 6.07 Å². The molecule has 4 heteroatoms. The minimum Gasteiger partial charge on any atom is -0.486 e. The number of rotatable bonds is 6. The Morgan fingerprint density at radius 3 is 2.62 bits per heavy atom. The van der Waals surface area contributed by atoms with Crippen molar-refractivity contribution in [3.63, 3.8) is 0 Å². The van der Waals surface area contributed by atoms with Gasteiger partial charge in [-0.3, -0.25) is 0 Å². The fourth-order valence-electron chi connectivity index (χ4n) is 4.61. The second-order valence-electron chi connectivity index (χ2n) is 8.15. The molecule has 3 aromatic carbocycles. The molecule has 1 aliphatic heterocycles. The normalized spacial score (nSPS) is 15.9. The second-order valence-corrected chi connectivity index (χ2v) is 8.15. The molecule has 1 aliphatic rings. The standard InChI is InChI=1S/C28H26FNO2/c1-3-21-22-12-7-8-13-24(22)30(27(21)26-14-9-17-31-26)25-16-15-23(29)19(2)28(25)32-18-20-10-5-4-6-11-20/h3-8,10-13,15-16,26H,1,9,14,17-18H2,2H3. The van der Waals surface area contributed by atoms with Crippen LogP contribution < -0.4 is 4.74 Å². The molecule has 1 saturated heterocycles. The molecule has 0 bridgehead atoms. The third-order valence-electron chi connectivity index (χ3n) is 6.18. The zero-order valence-electron chi connectivity index (χ0n) is 18.2. The van der Waals surface area contributed by atoms with E-state index >= 15 is 0 Å². The van der Waals surface area contributed by atoms with Gasteiger partial charge in [-0.25, -0.2) is 4.39 Å². The average molecular weight is 428 g/mol. The molecule has 1 aromatic heterocycles. The van der Waals surface area contributed by atoms with Gasteiger partial charge in [-0.2, -0.15) is 0 Å². The molecule has 0 saturated carbocycles. The molecule has 5 rings (SSSR count). The summed E-state index contributed by atoms with van der Waals surface area (Å²) in [6.07, 6.45) is 3.82. The van der Waals surface area contributed by atoms with E-state index in [1.54, 1.807) is 13.0 Å². The summed E-state index contributed by atoms with van der Waals surface area (Å²) in [6.45, 7) is 6.96. The predicted molar refractivity (Wildman–Crippen MR) is 127 cm³/mol. The highest BCUT2D eigenvalue weighted by atomic mass is 19.1. The number of para-hydroxylation sites is 1. The first kappa shape index (κ1) is 20.5. The van der Waals surface area contributed by atoms with Crippen LogP contribution in [0.3, 0.4) is 0 Å². The van der Waals surface area contributed by atoms with Crippen LogP contribution in [0.2, 0.25) is 0 Å². The fraction of sp³-hybridized carbons (Fsp3) is 0.214. The number of fused-ring (bicyclic) bond motifs is 1. The molecule has 3 nitrogen and oxygen atoms in total. The molecular weight excluding hydrogens is 401 g/mol. The number of aromatic nitrogens is 1. The molecule has 0 spiro atoms. The predicted octanol–water partition coefficient (Wildman–Crippen LogP) is 7.15. The van der Waals surface area contributed by atoms with E-state index in [9.17, 15) is 4.39 Å². The largest absolute Gasteiger partial charge is 0.486 e. The van der Waals surface area contributed by atoms with Crippen LogP contribution in [0.1, 0.15) is 41.3 Å². The highest BCUT2D eigenvalue weighted by molar-refractivity contribution is 5.93. The van der Waals surface area contributed by atoms with Crippen molar-refractivity contribution in [2.75, 3.05) is 6.61 Å². The Kier molecular flexibility index (Phi) is 5.54. The summed E-state index contributed by atoms with van der Waals surface area (Å²) in [5.41, 5.74) is 5.48. The van der Waals surface area contributed by atoms with E-state index in [4.69, 9.17) is 9.47 Å². The highest BCUT2D eigenvalue weighted by Gasteiger charge is 2.29. The maximum Gasteiger partial charge on any atom is 0.149 e. The zero-order chi connectivity index (χ0) is 22.1. The van der Waals surface area contributed by atoms with Crippen molar-refractivity contribution in [3.8, 4) is 11.4 Å². The van der Waals surface area contributed by atoms with Crippen LogP contribution >= 0.6 is 0 Å². The van der Waals surface area contributed by atoms with Gasteiger partial charge >= 0.3 is 0 Å². The van der Waals surface area contributed by atoms with Gasteiger partial charge < -0.3 is 14.0 Å². The Morgan fingerprint density at radius 2 is 1.88 bits per heavy atom. The van der Waals surface area contributed by atoms with E-state index < -0.39 is 0 Å². The average Bonchev–Trinajstić information content (AvgIpc) is 3.46. The van der Waals surface area contributed by atoms with Crippen molar-refractivity contribution >= 4 is 17.0 Å². The number of nitrogens with zero attached hydrogens (tertiary/aromatic N) is 1. The molecule has 1 fully saturated rings. The Morgan fingerprint density at radius 1 is 1.09 bits per heavy atom. The van der Waals surface area contributed by atoms with Gasteiger partial charge in [0.2, 0.25) is 0 Å². The Hall–Kier alpha value is -3.37. The van der Waals surface area contributed by atoms with Crippen LogP contribution in [0.4, 0.5) is 4.39 Å². The minimum atomic E-state index is -0.282. The molecule has 0 aliphatic carbocycles. The molecule has 0 N–H and O–H groups in total. The van der Waals surface area contributed by atoms with E-state index in [2.05, 4.69) is 23.3 Å². The number of ether oxygens (including phenoxy) is 2. The van der Waals surface area contributed by atoms with Crippen LogP contribution in [-0.4, -0.2) is 11.2 Å². The molecule has 0 amide bonds. The van der Waals surface area contributed by atoms with E-state index in [-0.39, 0.29) is 11.9 Å². The lowest BCUT2D eigenvalue weighted by Gasteiger charge is -2.21. The molecule has 32 heavy (non-hydrogen) atoms. The Balaban J connectivity index is 1.73. The molecular formula is C28H26FNO2. The lowest BCUT2D eigenvalue weighted by atomic mass is 10.1. The maximum absolute atomic E-state index is 14.7. The van der Waals surface area contributed by atoms with Gasteiger partial charge in [-0.05, 0) is 43.5 Å². The number of hydrogen-bond donors (Lipinski definition) is 0. The minimum absolute atomic E-state index is 0.0391. The van der Waals surface area contributed by atoms with Gasteiger partial charge in [0.25, 0.3) is 0 Å². The summed E-state index contributed by atoms with van der Waals surface area (Å²) in [6, 6.07) is 21.5. The first-order valence-electron chi connectivity index (χ1n) is 11.0. The Labute approximate surface area is 187 Å². The van der Waals surface area contributed by atoms with Gasteiger partial charge in [0.05, 0.1) is 23.0 Å². The van der Waals surface area contributed by atoms with E-state index in [0.29, 0.717) is 17.9 Å². The summed E-state index contributed by atoms with van der Waals surface area (Å²) in [7, 11) is 0. The molecule has 0 radical (unpaired) electrons. The molecule has 1 unspecified atom stereocenters. The monoisotopic (exact) mass is 427 g/mol. The molecule has 1 atom stereocenters. The van der Waals surface area contributed by atoms with Crippen LogP contribution in [0.5, 0.6) is 5.75 Å². The van der Waals surface area contributed by atoms with Crippen LogP contribution in [0.15, 0.2) is 73.3 Å². The summed E-state index contributed by atoms with van der Waals surface area (Å²) in [4.78, 5) is 0. The quantitative estimate of drug-likeness (QED) is 0.326. The molecule has 2 heterocycles. The summed E-state index contributed by atoms with van der Waals surface area (Å²) in [5, 5.41) is 1.10. The second kappa shape index (κ2) is 8.64. The van der Waals surface area contributed by atoms with Crippen LogP contribution in [0, 0.1) is 12.7 Å². The summed E-state index contributed by atoms with van der Waals surface area (Å²) >= 11 is 0. The van der Waals surface area contributed by atoms with Crippen LogP contribution in [-0.2, 0) is 11.3 Å². The van der Waals surface area contributed by atoms with Crippen molar-refractivity contribution in [1.82, 2.24) is 4.57 Å². The lowest BCUT2D eigenvalue weighted by molar-refractivity contribution is 0.107. The van der Waals surface area contributed by atoms with Crippen LogP contribution in [0.25, 0.3) is 22.7 Å². The summed E-state index contributed by atoms with van der Waals surface area (Å²) in [5.74, 6) is 0.264. The van der Waals surface area contributed by atoms with Gasteiger partial charge in [-0.1, -0.05) is 61.2 Å². The van der Waals surface area contributed by atoms with Crippen molar-refractivity contribution in [2.24, 2.45) is 0 Å². The smallest absolute Gasteiger partial charge is 0.149 e. The van der Waals surface area contributed by atoms with Crippen molar-refractivity contribution in [2.45, 2.75) is 32.5 Å². The summed E-state index contributed by atoms with van der Waals surface area (Å²) < 4.78 is 29.2. The van der Waals surface area contributed by atoms with Gasteiger partial charge in [-0.15, -0.1) is 0 Å². The van der Waals surface area contributed by atoms with E-state index in [0.717, 1.165) is 52.9 Å². The van der Waals surface area contributed by atoms with Gasteiger partial charge in [0, 0.05) is 23.1 Å². The fourth-order valence-corrected chi connectivity index (χ4v) is 4.61. The first-order chi connectivity index (χ1) is 15.7. The zero-order valence-corrected chi connectivity index (χ0v) is 18.2. The number of hydrogen-bond acceptors (Lipinski definition) is 2. The van der Waals surface area contributed by atoms with Crippen molar-refractivity contribution < 1.29 is 13.9 Å². The highest BCUT2D eigenvalue weighted by Crippen LogP contribution is 2.42. The maximum atomic E-state index is 14.7. The SMILES string of the molecule is C=Cc1c(C2CCCO2)n(-c2ccc(F)c(C)c2OCc2ccccc2)c2ccccc12. The van der Waals surface area contributed by atoms with Crippen molar-refractivity contribution in [1.29, 1.82) is 0 Å². The van der Waals surface area contributed by atoms with Crippen molar-refractivity contribution in [3.05, 3.63) is 102 Å². The Bertz CT molecular complexity index is 1270. The first-order valence-corrected chi connectivity index (χ1v) is 11.0. The topological polar surface area (TPSA) is 23.4 Å². The van der Waals surface area contributed by atoms with Gasteiger partial charge in [0.15, 0.2) is 0 Å². The van der Waals surface area contributed by atoms with E-state index in [1.807, 2.05) is 48.5 Å². The third kappa shape index (κ3) is 3.51. The molecule has 162 valence electrons.